The van der Waals surface area contributed by atoms with Crippen LogP contribution in [-0.4, -0.2) is 35.0 Å². The lowest BCUT2D eigenvalue weighted by Gasteiger charge is -2.40. The summed E-state index contributed by atoms with van der Waals surface area (Å²) in [6.07, 6.45) is 8.32. The normalized spacial score (nSPS) is 27.4. The van der Waals surface area contributed by atoms with Crippen LogP contribution in [0.5, 0.6) is 0 Å². The maximum atomic E-state index is 12.7. The third-order valence-corrected chi connectivity index (χ3v) is 6.18. The number of hydrogen-bond acceptors (Lipinski definition) is 2. The number of rotatable bonds is 2. The Labute approximate surface area is 142 Å². The number of piperidine rings is 1. The first kappa shape index (κ1) is 15.4. The highest BCUT2D eigenvalue weighted by Crippen LogP contribution is 2.44. The number of carbonyl (C=O) groups excluding carboxylic acids is 1. The van der Waals surface area contributed by atoms with E-state index in [0.717, 1.165) is 32.4 Å². The summed E-state index contributed by atoms with van der Waals surface area (Å²) in [5, 5.41) is 9.12. The van der Waals surface area contributed by atoms with Gasteiger partial charge in [0, 0.05) is 24.4 Å². The van der Waals surface area contributed by atoms with Gasteiger partial charge in [0.25, 0.3) is 0 Å². The van der Waals surface area contributed by atoms with Crippen molar-refractivity contribution in [3.05, 3.63) is 41.5 Å². The fourth-order valence-electron chi connectivity index (χ4n) is 4.69. The van der Waals surface area contributed by atoms with Crippen molar-refractivity contribution in [3.63, 3.8) is 0 Å². The van der Waals surface area contributed by atoms with Gasteiger partial charge < -0.3 is 10.0 Å². The van der Waals surface area contributed by atoms with Gasteiger partial charge >= 0.3 is 5.97 Å². The number of carboxylic acid groups (broad SMARTS) is 1. The minimum Gasteiger partial charge on any atom is -0.481 e. The van der Waals surface area contributed by atoms with Crippen molar-refractivity contribution >= 4 is 18.0 Å². The largest absolute Gasteiger partial charge is 0.481 e. The molecule has 126 valence electrons. The van der Waals surface area contributed by atoms with E-state index < -0.39 is 5.97 Å². The Hall–Kier alpha value is -2.10. The third-order valence-electron chi connectivity index (χ3n) is 6.18. The number of hydrogen-bond donors (Lipinski definition) is 1. The summed E-state index contributed by atoms with van der Waals surface area (Å²) in [6.45, 7) is 1.54. The van der Waals surface area contributed by atoms with Crippen molar-refractivity contribution in [1.29, 1.82) is 0 Å². The molecule has 1 aromatic carbocycles. The predicted molar refractivity (Wildman–Crippen MR) is 91.4 cm³/mol. The number of benzene rings is 1. The number of carbonyl (C=O) groups is 2. The number of nitrogens with zero attached hydrogens (tertiary/aromatic N) is 1. The zero-order chi connectivity index (χ0) is 16.7. The first-order chi connectivity index (χ1) is 11.6. The second kappa shape index (κ2) is 5.76. The topological polar surface area (TPSA) is 57.6 Å². The van der Waals surface area contributed by atoms with Crippen LogP contribution < -0.4 is 0 Å². The van der Waals surface area contributed by atoms with Crippen LogP contribution in [0.1, 0.15) is 43.2 Å². The number of allylic oxidation sites excluding steroid dienone is 1. The molecule has 0 unspecified atom stereocenters. The van der Waals surface area contributed by atoms with Crippen molar-refractivity contribution in [2.24, 2.45) is 11.8 Å². The lowest BCUT2D eigenvalue weighted by molar-refractivity contribution is -0.141. The molecular weight excluding hydrogens is 302 g/mol. The fourth-order valence-corrected chi connectivity index (χ4v) is 4.69. The molecule has 24 heavy (non-hydrogen) atoms. The molecule has 1 N–H and O–H groups in total. The molecule has 4 heteroatoms. The molecule has 1 amide bonds. The second-order valence-electron chi connectivity index (χ2n) is 7.45. The molecule has 1 saturated heterocycles. The summed E-state index contributed by atoms with van der Waals surface area (Å²) in [5.41, 5.74) is 2.79. The minimum atomic E-state index is -0.754. The Balaban J connectivity index is 1.41. The molecule has 1 heterocycles. The molecule has 2 fully saturated rings. The molecule has 2 atom stereocenters. The number of fused-ring (bicyclic) bond motifs is 2. The Kier molecular flexibility index (Phi) is 3.70. The first-order valence-corrected chi connectivity index (χ1v) is 8.89. The molecule has 0 radical (unpaired) electrons. The smallest absolute Gasteiger partial charge is 0.306 e. The van der Waals surface area contributed by atoms with Crippen LogP contribution in [0, 0.1) is 11.8 Å². The van der Waals surface area contributed by atoms with Gasteiger partial charge in [-0.3, -0.25) is 9.59 Å². The lowest BCUT2D eigenvalue weighted by atomic mass is 9.74. The summed E-state index contributed by atoms with van der Waals surface area (Å²) in [6, 6.07) is 8.53. The van der Waals surface area contributed by atoms with Crippen molar-refractivity contribution in [3.8, 4) is 0 Å². The fraction of sp³-hybridized carbons (Fsp3) is 0.500. The summed E-state index contributed by atoms with van der Waals surface area (Å²) in [4.78, 5) is 25.8. The highest BCUT2D eigenvalue weighted by atomic mass is 16.4. The maximum Gasteiger partial charge on any atom is 0.306 e. The van der Waals surface area contributed by atoms with E-state index in [1.54, 1.807) is 0 Å². The number of likely N-dealkylation sites (tertiary alicyclic amines) is 1. The summed E-state index contributed by atoms with van der Waals surface area (Å²) in [7, 11) is 0. The Morgan fingerprint density at radius 3 is 2.50 bits per heavy atom. The highest BCUT2D eigenvalue weighted by Gasteiger charge is 2.41. The van der Waals surface area contributed by atoms with Gasteiger partial charge in [0.15, 0.2) is 0 Å². The monoisotopic (exact) mass is 325 g/mol. The van der Waals surface area contributed by atoms with Crippen molar-refractivity contribution in [1.82, 2.24) is 4.90 Å². The number of carboxylic acids is 1. The minimum absolute atomic E-state index is 0.0899. The molecular formula is C20H23NO3. The van der Waals surface area contributed by atoms with Gasteiger partial charge in [0.05, 0.1) is 5.92 Å². The predicted octanol–water partition coefficient (Wildman–Crippen LogP) is 3.07. The van der Waals surface area contributed by atoms with Crippen LogP contribution in [0.4, 0.5) is 0 Å². The van der Waals surface area contributed by atoms with E-state index in [2.05, 4.69) is 36.4 Å². The molecule has 0 bridgehead atoms. The number of aliphatic carboxylic acids is 1. The molecule has 4 rings (SSSR count). The second-order valence-corrected chi connectivity index (χ2v) is 7.45. The van der Waals surface area contributed by atoms with Crippen LogP contribution in [0.15, 0.2) is 30.3 Å². The van der Waals surface area contributed by atoms with Gasteiger partial charge in [0.1, 0.15) is 0 Å². The van der Waals surface area contributed by atoms with Gasteiger partial charge in [0.2, 0.25) is 5.91 Å². The van der Waals surface area contributed by atoms with Crippen LogP contribution in [0.25, 0.3) is 6.08 Å². The van der Waals surface area contributed by atoms with E-state index in [4.69, 9.17) is 5.11 Å². The van der Waals surface area contributed by atoms with E-state index >= 15 is 0 Å². The quantitative estimate of drug-likeness (QED) is 0.909. The first-order valence-electron chi connectivity index (χ1n) is 8.89. The van der Waals surface area contributed by atoms with Gasteiger partial charge in [-0.15, -0.1) is 0 Å². The Morgan fingerprint density at radius 2 is 1.79 bits per heavy atom. The summed E-state index contributed by atoms with van der Waals surface area (Å²) < 4.78 is 0. The van der Waals surface area contributed by atoms with Crippen LogP contribution in [-0.2, 0) is 15.0 Å². The molecule has 1 aromatic rings. The summed E-state index contributed by atoms with van der Waals surface area (Å²) >= 11 is 0. The zero-order valence-corrected chi connectivity index (χ0v) is 13.8. The maximum absolute atomic E-state index is 12.7. The molecule has 4 nitrogen and oxygen atoms in total. The standard InChI is InChI=1S/C20H23NO3/c22-18(15-5-6-16(13-15)19(23)24)21-11-9-20(10-12-21)8-7-14-3-1-2-4-17(14)20/h1-4,7-8,15-16H,5-6,9-13H2,(H,23,24)/t15-,16+/m1/s1. The lowest BCUT2D eigenvalue weighted by Crippen LogP contribution is -2.45. The van der Waals surface area contributed by atoms with Crippen molar-refractivity contribution in [2.45, 2.75) is 37.5 Å². The summed E-state index contributed by atoms with van der Waals surface area (Å²) in [5.74, 6) is -1.01. The van der Waals surface area contributed by atoms with Crippen molar-refractivity contribution < 1.29 is 14.7 Å². The molecule has 1 spiro atoms. The van der Waals surface area contributed by atoms with Gasteiger partial charge in [-0.1, -0.05) is 36.4 Å². The van der Waals surface area contributed by atoms with Crippen LogP contribution >= 0.6 is 0 Å². The average Bonchev–Trinajstić information content (AvgIpc) is 3.22. The van der Waals surface area contributed by atoms with E-state index in [-0.39, 0.29) is 23.2 Å². The SMILES string of the molecule is O=C(O)[C@H]1CC[C@@H](C(=O)N2CCC3(C=Cc4ccccc43)CC2)C1. The van der Waals surface area contributed by atoms with E-state index in [1.165, 1.54) is 11.1 Å². The molecule has 0 aromatic heterocycles. The number of amides is 1. The van der Waals surface area contributed by atoms with Crippen molar-refractivity contribution in [2.75, 3.05) is 13.1 Å². The zero-order valence-electron chi connectivity index (χ0n) is 13.8. The van der Waals surface area contributed by atoms with Gasteiger partial charge in [-0.2, -0.15) is 0 Å². The average molecular weight is 325 g/mol. The molecule has 1 aliphatic heterocycles. The molecule has 2 aliphatic carbocycles. The third kappa shape index (κ3) is 2.45. The molecule has 1 saturated carbocycles. The van der Waals surface area contributed by atoms with E-state index in [9.17, 15) is 9.59 Å². The highest BCUT2D eigenvalue weighted by molar-refractivity contribution is 5.81. The van der Waals surface area contributed by atoms with Crippen LogP contribution in [0.3, 0.4) is 0 Å². The molecule has 3 aliphatic rings. The van der Waals surface area contributed by atoms with E-state index in [1.807, 2.05) is 4.90 Å². The van der Waals surface area contributed by atoms with E-state index in [0.29, 0.717) is 12.8 Å². The van der Waals surface area contributed by atoms with Crippen LogP contribution in [0.2, 0.25) is 0 Å². The Morgan fingerprint density at radius 1 is 1.08 bits per heavy atom. The Bertz CT molecular complexity index is 701. The van der Waals surface area contributed by atoms with Gasteiger partial charge in [-0.25, -0.2) is 0 Å². The van der Waals surface area contributed by atoms with Gasteiger partial charge in [-0.05, 0) is 43.2 Å².